The van der Waals surface area contributed by atoms with Crippen LogP contribution in [0, 0.1) is 6.92 Å². The number of thiophene rings is 1. The van der Waals surface area contributed by atoms with E-state index in [1.807, 2.05) is 11.3 Å². The summed E-state index contributed by atoms with van der Waals surface area (Å²) in [5, 5.41) is 3.70. The lowest BCUT2D eigenvalue weighted by Crippen LogP contribution is -2.25. The average Bonchev–Trinajstić information content (AvgIpc) is 2.80. The summed E-state index contributed by atoms with van der Waals surface area (Å²) in [7, 11) is 0. The highest BCUT2D eigenvalue weighted by Crippen LogP contribution is 2.34. The van der Waals surface area contributed by atoms with Gasteiger partial charge in [-0.3, -0.25) is 0 Å². The predicted molar refractivity (Wildman–Crippen MR) is 90.6 cm³/mol. The van der Waals surface area contributed by atoms with E-state index in [1.54, 1.807) is 0 Å². The molecule has 0 spiro atoms. The van der Waals surface area contributed by atoms with Crippen LogP contribution in [0.25, 0.3) is 0 Å². The predicted octanol–water partition coefficient (Wildman–Crippen LogP) is 5.21. The van der Waals surface area contributed by atoms with Crippen molar-refractivity contribution in [2.24, 2.45) is 0 Å². The molecular weight excluding hydrogens is 334 g/mol. The Labute approximate surface area is 135 Å². The van der Waals surface area contributed by atoms with Crippen LogP contribution in [-0.4, -0.2) is 19.3 Å². The number of nitrogens with one attached hydrogen (secondary N) is 1. The van der Waals surface area contributed by atoms with E-state index in [1.165, 1.54) is 52.8 Å². The Morgan fingerprint density at radius 1 is 1.50 bits per heavy atom. The highest BCUT2D eigenvalue weighted by molar-refractivity contribution is 9.11. The van der Waals surface area contributed by atoms with Crippen LogP contribution in [0.2, 0.25) is 0 Å². The quantitative estimate of drug-likeness (QED) is 0.721. The van der Waals surface area contributed by atoms with Gasteiger partial charge >= 0.3 is 0 Å². The van der Waals surface area contributed by atoms with E-state index in [-0.39, 0.29) is 0 Å². The number of halogens is 1. The lowest BCUT2D eigenvalue weighted by molar-refractivity contribution is 0.00860. The normalized spacial score (nSPS) is 21.1. The molecule has 114 valence electrons. The van der Waals surface area contributed by atoms with Crippen molar-refractivity contribution in [1.82, 2.24) is 5.32 Å². The average molecular weight is 360 g/mol. The number of aryl methyl sites for hydroxylation is 1. The van der Waals surface area contributed by atoms with Gasteiger partial charge in [-0.2, -0.15) is 0 Å². The van der Waals surface area contributed by atoms with Crippen molar-refractivity contribution < 1.29 is 4.74 Å². The first-order valence-corrected chi connectivity index (χ1v) is 9.42. The van der Waals surface area contributed by atoms with E-state index < -0.39 is 0 Å². The maximum absolute atomic E-state index is 5.86. The van der Waals surface area contributed by atoms with Crippen molar-refractivity contribution in [3.63, 3.8) is 0 Å². The summed E-state index contributed by atoms with van der Waals surface area (Å²) in [4.78, 5) is 1.46. The van der Waals surface area contributed by atoms with Crippen LogP contribution in [0.1, 0.15) is 61.9 Å². The minimum atomic E-state index is 0.482. The lowest BCUT2D eigenvalue weighted by Gasteiger charge is -2.25. The number of ether oxygens (including phenoxy) is 1. The topological polar surface area (TPSA) is 21.3 Å². The zero-order chi connectivity index (χ0) is 14.4. The van der Waals surface area contributed by atoms with E-state index in [0.717, 1.165) is 13.2 Å². The molecule has 0 saturated carbocycles. The molecule has 2 unspecified atom stereocenters. The molecule has 2 atom stereocenters. The highest BCUT2D eigenvalue weighted by Gasteiger charge is 2.19. The third-order valence-corrected chi connectivity index (χ3v) is 6.16. The molecule has 1 aliphatic rings. The van der Waals surface area contributed by atoms with E-state index in [2.05, 4.69) is 41.2 Å². The molecule has 2 nitrogen and oxygen atoms in total. The maximum atomic E-state index is 5.86. The van der Waals surface area contributed by atoms with E-state index in [9.17, 15) is 0 Å². The first-order chi connectivity index (χ1) is 9.70. The van der Waals surface area contributed by atoms with Gasteiger partial charge in [0, 0.05) is 17.5 Å². The minimum absolute atomic E-state index is 0.482. The smallest absolute Gasteiger partial charge is 0.0731 e. The third kappa shape index (κ3) is 4.83. The summed E-state index contributed by atoms with van der Waals surface area (Å²) in [6.45, 7) is 6.45. The molecule has 0 radical (unpaired) electrons. The summed E-state index contributed by atoms with van der Waals surface area (Å²) in [6, 6.07) is 2.81. The molecule has 4 heteroatoms. The van der Waals surface area contributed by atoms with Gasteiger partial charge in [0.2, 0.25) is 0 Å². The highest BCUT2D eigenvalue weighted by atomic mass is 79.9. The molecule has 20 heavy (non-hydrogen) atoms. The van der Waals surface area contributed by atoms with Gasteiger partial charge < -0.3 is 10.1 Å². The number of hydrogen-bond acceptors (Lipinski definition) is 3. The van der Waals surface area contributed by atoms with Crippen LogP contribution in [-0.2, 0) is 4.74 Å². The lowest BCUT2D eigenvalue weighted by atomic mass is 10.0. The van der Waals surface area contributed by atoms with Gasteiger partial charge in [0.1, 0.15) is 0 Å². The van der Waals surface area contributed by atoms with Crippen LogP contribution in [0.15, 0.2) is 9.85 Å². The van der Waals surface area contributed by atoms with Crippen molar-refractivity contribution in [3.8, 4) is 0 Å². The van der Waals surface area contributed by atoms with Crippen LogP contribution in [0.5, 0.6) is 0 Å². The Bertz CT molecular complexity index is 382. The first-order valence-electron chi connectivity index (χ1n) is 7.81. The number of rotatable bonds is 7. The Morgan fingerprint density at radius 2 is 2.35 bits per heavy atom. The molecule has 1 aromatic rings. The zero-order valence-corrected chi connectivity index (χ0v) is 15.0. The van der Waals surface area contributed by atoms with Crippen molar-refractivity contribution in [2.75, 3.05) is 13.2 Å². The Kier molecular flexibility index (Phi) is 7.02. The summed E-state index contributed by atoms with van der Waals surface area (Å²) in [6.07, 6.45) is 7.84. The van der Waals surface area contributed by atoms with Gasteiger partial charge in [-0.1, -0.05) is 6.92 Å². The summed E-state index contributed by atoms with van der Waals surface area (Å²) in [5.74, 6) is 0. The monoisotopic (exact) mass is 359 g/mol. The fourth-order valence-electron chi connectivity index (χ4n) is 2.71. The Hall–Kier alpha value is 0.1000. The second-order valence-electron chi connectivity index (χ2n) is 5.68. The van der Waals surface area contributed by atoms with Crippen LogP contribution >= 0.6 is 27.3 Å². The molecule has 2 rings (SSSR count). The molecule has 0 amide bonds. The van der Waals surface area contributed by atoms with Gasteiger partial charge in [-0.15, -0.1) is 11.3 Å². The molecule has 1 fully saturated rings. The standard InChI is InChI=1S/C16H26BrNOS/c1-3-9-18-14(15-11-12(2)16(17)20-15)8-7-13-6-4-5-10-19-13/h11,13-14,18H,3-10H2,1-2H3. The SMILES string of the molecule is CCCNC(CCC1CCCCO1)c1cc(C)c(Br)s1. The summed E-state index contributed by atoms with van der Waals surface area (Å²) < 4.78 is 7.13. The van der Waals surface area contributed by atoms with Gasteiger partial charge in [0.25, 0.3) is 0 Å². The van der Waals surface area contributed by atoms with E-state index >= 15 is 0 Å². The van der Waals surface area contributed by atoms with Crippen LogP contribution in [0.3, 0.4) is 0 Å². The van der Waals surface area contributed by atoms with E-state index in [0.29, 0.717) is 12.1 Å². The minimum Gasteiger partial charge on any atom is -0.378 e. The largest absolute Gasteiger partial charge is 0.378 e. The zero-order valence-electron chi connectivity index (χ0n) is 12.6. The molecular formula is C16H26BrNOS. The molecule has 0 aliphatic carbocycles. The molecule has 2 heterocycles. The van der Waals surface area contributed by atoms with Gasteiger partial charge in [0.15, 0.2) is 0 Å². The van der Waals surface area contributed by atoms with Gasteiger partial charge in [-0.25, -0.2) is 0 Å². The fourth-order valence-corrected chi connectivity index (χ4v) is 4.39. The summed E-state index contributed by atoms with van der Waals surface area (Å²) in [5.41, 5.74) is 1.35. The molecule has 1 aliphatic heterocycles. The molecule has 1 aromatic heterocycles. The maximum Gasteiger partial charge on any atom is 0.0731 e. The van der Waals surface area contributed by atoms with Crippen molar-refractivity contribution >= 4 is 27.3 Å². The van der Waals surface area contributed by atoms with E-state index in [4.69, 9.17) is 4.74 Å². The second kappa shape index (κ2) is 8.52. The molecule has 0 aromatic carbocycles. The van der Waals surface area contributed by atoms with Crippen molar-refractivity contribution in [1.29, 1.82) is 0 Å². The summed E-state index contributed by atoms with van der Waals surface area (Å²) >= 11 is 5.52. The Balaban J connectivity index is 1.92. The molecule has 0 bridgehead atoms. The second-order valence-corrected chi connectivity index (χ2v) is 8.08. The third-order valence-electron chi connectivity index (χ3n) is 3.91. The van der Waals surface area contributed by atoms with Crippen molar-refractivity contribution in [3.05, 3.63) is 20.3 Å². The fraction of sp³-hybridized carbons (Fsp3) is 0.750. The first kappa shape index (κ1) is 16.5. The molecule has 1 N–H and O–H groups in total. The number of hydrogen-bond donors (Lipinski definition) is 1. The Morgan fingerprint density at radius 3 is 2.95 bits per heavy atom. The van der Waals surface area contributed by atoms with Crippen LogP contribution < -0.4 is 5.32 Å². The van der Waals surface area contributed by atoms with Gasteiger partial charge in [-0.05, 0) is 79.6 Å². The van der Waals surface area contributed by atoms with Gasteiger partial charge in [0.05, 0.1) is 9.89 Å². The van der Waals surface area contributed by atoms with Crippen molar-refractivity contribution in [2.45, 2.75) is 64.5 Å². The van der Waals surface area contributed by atoms with Crippen LogP contribution in [0.4, 0.5) is 0 Å². The molecule has 1 saturated heterocycles.